The molecule has 0 spiro atoms. The van der Waals surface area contributed by atoms with Gasteiger partial charge in [-0.3, -0.25) is 0 Å². The Balaban J connectivity index is 4.24. The van der Waals surface area contributed by atoms with Gasteiger partial charge >= 0.3 is 0 Å². The zero-order chi connectivity index (χ0) is 12.1. The van der Waals surface area contributed by atoms with Crippen LogP contribution < -0.4 is 4.98 Å². The first-order valence-electron chi connectivity index (χ1n) is 6.29. The second-order valence-electron chi connectivity index (χ2n) is 5.59. The van der Waals surface area contributed by atoms with Crippen LogP contribution in [0.3, 0.4) is 0 Å². The summed E-state index contributed by atoms with van der Waals surface area (Å²) >= 11 is 0. The van der Waals surface area contributed by atoms with E-state index in [2.05, 4.69) is 57.3 Å². The van der Waals surface area contributed by atoms with E-state index in [1.165, 1.54) is 12.8 Å². The Kier molecular flexibility index (Phi) is 6.32. The smallest absolute Gasteiger partial charge is 0.164 e. The SMILES string of the molecule is CCC(C)(C)N[SiH2]N([SiH2]C)C(C)(C)CC. The Morgan fingerprint density at radius 2 is 1.60 bits per heavy atom. The van der Waals surface area contributed by atoms with Crippen molar-refractivity contribution in [2.45, 2.75) is 72.0 Å². The zero-order valence-electron chi connectivity index (χ0n) is 11.8. The van der Waals surface area contributed by atoms with Crippen LogP contribution in [-0.2, 0) is 0 Å². The van der Waals surface area contributed by atoms with Crippen molar-refractivity contribution >= 4 is 19.5 Å². The summed E-state index contributed by atoms with van der Waals surface area (Å²) in [4.78, 5) is 3.80. The van der Waals surface area contributed by atoms with Gasteiger partial charge in [0.15, 0.2) is 9.84 Å². The third-order valence-electron chi connectivity index (χ3n) is 3.74. The van der Waals surface area contributed by atoms with Crippen LogP contribution in [0.15, 0.2) is 0 Å². The van der Waals surface area contributed by atoms with E-state index in [9.17, 15) is 0 Å². The van der Waals surface area contributed by atoms with E-state index in [1.54, 1.807) is 0 Å². The summed E-state index contributed by atoms with van der Waals surface area (Å²) in [6.07, 6.45) is 2.47. The first-order valence-corrected chi connectivity index (χ1v) is 9.67. The molecule has 15 heavy (non-hydrogen) atoms. The molecule has 0 heterocycles. The average Bonchev–Trinajstić information content (AvgIpc) is 2.18. The molecule has 0 aliphatic heterocycles. The molecule has 92 valence electrons. The summed E-state index contributed by atoms with van der Waals surface area (Å²) in [5.74, 6) is 0. The molecule has 0 aliphatic rings. The van der Waals surface area contributed by atoms with Crippen LogP contribution in [0.4, 0.5) is 0 Å². The molecule has 0 aromatic carbocycles. The fourth-order valence-corrected chi connectivity index (χ4v) is 5.24. The molecule has 0 unspecified atom stereocenters. The summed E-state index contributed by atoms with van der Waals surface area (Å²) in [7, 11) is -0.291. The molecule has 0 saturated heterocycles. The second-order valence-corrected chi connectivity index (χ2v) is 9.32. The number of hydrogen-bond donors (Lipinski definition) is 1. The Labute approximate surface area is 101 Å². The maximum Gasteiger partial charge on any atom is 0.164 e. The third kappa shape index (κ3) is 5.29. The molecular weight excluding hydrogens is 216 g/mol. The largest absolute Gasteiger partial charge is 0.339 e. The molecule has 0 aromatic rings. The first-order chi connectivity index (χ1) is 6.79. The molecule has 0 radical (unpaired) electrons. The Hall–Kier alpha value is 0.354. The molecule has 1 N–H and O–H groups in total. The van der Waals surface area contributed by atoms with E-state index in [0.717, 1.165) is 0 Å². The maximum atomic E-state index is 3.80. The van der Waals surface area contributed by atoms with Crippen molar-refractivity contribution in [3.8, 4) is 0 Å². The summed E-state index contributed by atoms with van der Waals surface area (Å²) in [6.45, 7) is 16.4. The highest BCUT2D eigenvalue weighted by molar-refractivity contribution is 6.48. The molecule has 0 saturated carbocycles. The molecule has 0 aromatic heterocycles. The fourth-order valence-electron chi connectivity index (χ4n) is 1.41. The zero-order valence-corrected chi connectivity index (χ0v) is 14.6. The quantitative estimate of drug-likeness (QED) is 0.683. The summed E-state index contributed by atoms with van der Waals surface area (Å²) < 4.78 is 2.78. The van der Waals surface area contributed by atoms with E-state index in [1.807, 2.05) is 0 Å². The topological polar surface area (TPSA) is 15.3 Å². The monoisotopic (exact) mass is 246 g/mol. The van der Waals surface area contributed by atoms with E-state index >= 15 is 0 Å². The van der Waals surface area contributed by atoms with Crippen molar-refractivity contribution in [3.63, 3.8) is 0 Å². The number of nitrogens with zero attached hydrogens (tertiary/aromatic N) is 1. The highest BCUT2D eigenvalue weighted by Crippen LogP contribution is 2.16. The van der Waals surface area contributed by atoms with Gasteiger partial charge in [-0.05, 0) is 40.5 Å². The van der Waals surface area contributed by atoms with Gasteiger partial charge in [0.1, 0.15) is 0 Å². The van der Waals surface area contributed by atoms with Crippen molar-refractivity contribution in [1.29, 1.82) is 0 Å². The van der Waals surface area contributed by atoms with E-state index in [4.69, 9.17) is 0 Å². The number of hydrogen-bond acceptors (Lipinski definition) is 2. The summed E-state index contributed by atoms with van der Waals surface area (Å²) in [6, 6.07) is 0. The number of rotatable bonds is 7. The van der Waals surface area contributed by atoms with Gasteiger partial charge in [0, 0.05) is 11.1 Å². The van der Waals surface area contributed by atoms with Crippen molar-refractivity contribution in [2.75, 3.05) is 0 Å². The van der Waals surface area contributed by atoms with Crippen LogP contribution in [0.2, 0.25) is 6.55 Å². The molecule has 0 rings (SSSR count). The van der Waals surface area contributed by atoms with E-state index < -0.39 is 0 Å². The Bertz CT molecular complexity index is 181. The second kappa shape index (κ2) is 6.18. The molecule has 0 bridgehead atoms. The molecule has 0 fully saturated rings. The molecule has 4 heteroatoms. The van der Waals surface area contributed by atoms with Gasteiger partial charge in [0.05, 0.1) is 9.68 Å². The maximum absolute atomic E-state index is 3.80. The lowest BCUT2D eigenvalue weighted by Crippen LogP contribution is -2.56. The predicted octanol–water partition coefficient (Wildman–Crippen LogP) is 1.39. The van der Waals surface area contributed by atoms with Gasteiger partial charge < -0.3 is 9.21 Å². The van der Waals surface area contributed by atoms with Crippen LogP contribution in [-0.4, -0.2) is 34.8 Å². The van der Waals surface area contributed by atoms with Gasteiger partial charge in [0.2, 0.25) is 0 Å². The van der Waals surface area contributed by atoms with Gasteiger partial charge in [-0.25, -0.2) is 0 Å². The van der Waals surface area contributed by atoms with Crippen LogP contribution in [0, 0.1) is 0 Å². The molecule has 0 amide bonds. The molecule has 2 nitrogen and oxygen atoms in total. The van der Waals surface area contributed by atoms with E-state index in [-0.39, 0.29) is 19.5 Å². The lowest BCUT2D eigenvalue weighted by molar-refractivity contribution is 0.317. The van der Waals surface area contributed by atoms with Gasteiger partial charge in [-0.15, -0.1) is 0 Å². The lowest BCUT2D eigenvalue weighted by atomic mass is 10.0. The average molecular weight is 247 g/mol. The molecule has 0 aliphatic carbocycles. The highest BCUT2D eigenvalue weighted by Gasteiger charge is 2.24. The van der Waals surface area contributed by atoms with E-state index in [0.29, 0.717) is 11.1 Å². The summed E-state index contributed by atoms with van der Waals surface area (Å²) in [5, 5.41) is 0. The third-order valence-corrected chi connectivity index (χ3v) is 9.72. The van der Waals surface area contributed by atoms with Crippen LogP contribution in [0.5, 0.6) is 0 Å². The molecule has 0 atom stereocenters. The minimum Gasteiger partial charge on any atom is -0.339 e. The Morgan fingerprint density at radius 3 is 1.93 bits per heavy atom. The van der Waals surface area contributed by atoms with Crippen LogP contribution in [0.1, 0.15) is 54.4 Å². The van der Waals surface area contributed by atoms with Crippen molar-refractivity contribution in [3.05, 3.63) is 0 Å². The number of nitrogens with one attached hydrogen (secondary N) is 1. The van der Waals surface area contributed by atoms with Crippen LogP contribution >= 0.6 is 0 Å². The van der Waals surface area contributed by atoms with Crippen LogP contribution in [0.25, 0.3) is 0 Å². The Morgan fingerprint density at radius 1 is 1.07 bits per heavy atom. The van der Waals surface area contributed by atoms with Crippen molar-refractivity contribution < 1.29 is 0 Å². The van der Waals surface area contributed by atoms with Crippen molar-refractivity contribution in [1.82, 2.24) is 9.21 Å². The minimum absolute atomic E-state index is 0.0312. The molecular formula is C11H30N2Si2. The van der Waals surface area contributed by atoms with Gasteiger partial charge in [-0.1, -0.05) is 20.4 Å². The first kappa shape index (κ1) is 15.4. The predicted molar refractivity (Wildman–Crippen MR) is 76.7 cm³/mol. The van der Waals surface area contributed by atoms with Gasteiger partial charge in [-0.2, -0.15) is 0 Å². The minimum atomic E-state index is -0.260. The highest BCUT2D eigenvalue weighted by atomic mass is 28.3. The fraction of sp³-hybridized carbons (Fsp3) is 1.00. The van der Waals surface area contributed by atoms with Crippen molar-refractivity contribution in [2.24, 2.45) is 0 Å². The lowest BCUT2D eigenvalue weighted by Gasteiger charge is -2.40. The summed E-state index contributed by atoms with van der Waals surface area (Å²) in [5.41, 5.74) is 0.752. The standard InChI is InChI=1S/C11H30N2Si2/c1-8-10(3,4)12-15-13(14-7)11(5,6)9-2/h12H,8-9,14-15H2,1-7H3. The normalized spacial score (nSPS) is 15.2. The van der Waals surface area contributed by atoms with Gasteiger partial charge in [0.25, 0.3) is 0 Å².